The highest BCUT2D eigenvalue weighted by molar-refractivity contribution is 4.86. The van der Waals surface area contributed by atoms with Gasteiger partial charge in [-0.05, 0) is 38.5 Å². The topological polar surface area (TPSA) is 30.5 Å². The summed E-state index contributed by atoms with van der Waals surface area (Å²) in [5.74, 6) is 1.73. The summed E-state index contributed by atoms with van der Waals surface area (Å²) in [6.45, 7) is 11.2. The van der Waals surface area contributed by atoms with Gasteiger partial charge in [0.2, 0.25) is 0 Å². The van der Waals surface area contributed by atoms with Crippen molar-refractivity contribution in [2.24, 2.45) is 11.8 Å². The van der Waals surface area contributed by atoms with Crippen LogP contribution >= 0.6 is 0 Å². The molecule has 1 N–H and O–H groups in total. The van der Waals surface area contributed by atoms with E-state index in [1.54, 1.807) is 0 Å². The van der Waals surface area contributed by atoms with Crippen molar-refractivity contribution in [2.45, 2.75) is 65.7 Å². The third kappa shape index (κ3) is 4.87. The fourth-order valence-corrected chi connectivity index (χ4v) is 3.08. The molecule has 1 fully saturated rings. The number of nitrogens with one attached hydrogen (secondary N) is 1. The minimum Gasteiger partial charge on any atom is -0.353 e. The van der Waals surface area contributed by atoms with Gasteiger partial charge in [-0.25, -0.2) is 0 Å². The predicted octanol–water partition coefficient (Wildman–Crippen LogP) is 3.19. The lowest BCUT2D eigenvalue weighted by Crippen LogP contribution is -2.35. The van der Waals surface area contributed by atoms with Gasteiger partial charge in [0.05, 0.1) is 0 Å². The smallest absolute Gasteiger partial charge is 0.158 e. The van der Waals surface area contributed by atoms with E-state index in [9.17, 15) is 0 Å². The molecule has 0 saturated heterocycles. The number of hydrogen-bond acceptors (Lipinski definition) is 3. The van der Waals surface area contributed by atoms with Crippen LogP contribution < -0.4 is 5.32 Å². The monoisotopic (exact) mass is 257 g/mol. The Bertz CT molecular complexity index is 205. The maximum absolute atomic E-state index is 5.55. The summed E-state index contributed by atoms with van der Waals surface area (Å²) in [5.41, 5.74) is 0. The van der Waals surface area contributed by atoms with Gasteiger partial charge in [0.25, 0.3) is 0 Å². The molecule has 3 unspecified atom stereocenters. The standard InChI is InChI=1S/C15H31NO2/c1-5-13-8-9-14(12(13)4)16-11-10-15(17-6-2)18-7-3/h12-16H,5-11H2,1-4H3. The summed E-state index contributed by atoms with van der Waals surface area (Å²) < 4.78 is 11.1. The molecule has 18 heavy (non-hydrogen) atoms. The Morgan fingerprint density at radius 1 is 1.11 bits per heavy atom. The highest BCUT2D eigenvalue weighted by Crippen LogP contribution is 2.33. The van der Waals surface area contributed by atoms with Crippen molar-refractivity contribution in [1.29, 1.82) is 0 Å². The summed E-state index contributed by atoms with van der Waals surface area (Å²) in [7, 11) is 0. The molecule has 3 atom stereocenters. The van der Waals surface area contributed by atoms with Crippen LogP contribution in [0.3, 0.4) is 0 Å². The largest absolute Gasteiger partial charge is 0.353 e. The first-order valence-corrected chi connectivity index (χ1v) is 7.69. The van der Waals surface area contributed by atoms with Gasteiger partial charge in [0, 0.05) is 32.2 Å². The zero-order valence-electron chi connectivity index (χ0n) is 12.6. The van der Waals surface area contributed by atoms with Crippen molar-refractivity contribution < 1.29 is 9.47 Å². The Kier molecular flexibility index (Phi) is 7.87. The van der Waals surface area contributed by atoms with Gasteiger partial charge in [0.1, 0.15) is 0 Å². The van der Waals surface area contributed by atoms with Gasteiger partial charge in [-0.15, -0.1) is 0 Å². The van der Waals surface area contributed by atoms with E-state index in [1.807, 2.05) is 13.8 Å². The van der Waals surface area contributed by atoms with Crippen LogP contribution in [-0.2, 0) is 9.47 Å². The SMILES string of the molecule is CCOC(CCNC1CCC(CC)C1C)OCC. The van der Waals surface area contributed by atoms with E-state index in [0.29, 0.717) is 6.04 Å². The average molecular weight is 257 g/mol. The van der Waals surface area contributed by atoms with Crippen LogP contribution in [-0.4, -0.2) is 32.1 Å². The second kappa shape index (κ2) is 8.89. The lowest BCUT2D eigenvalue weighted by Gasteiger charge is -2.23. The van der Waals surface area contributed by atoms with E-state index in [0.717, 1.165) is 38.0 Å². The van der Waals surface area contributed by atoms with Crippen LogP contribution in [0.25, 0.3) is 0 Å². The minimum absolute atomic E-state index is 0.0359. The Morgan fingerprint density at radius 3 is 2.28 bits per heavy atom. The number of ether oxygens (including phenoxy) is 2. The molecule has 108 valence electrons. The molecule has 0 amide bonds. The van der Waals surface area contributed by atoms with Gasteiger partial charge in [-0.1, -0.05) is 20.3 Å². The molecule has 3 heteroatoms. The minimum atomic E-state index is -0.0359. The summed E-state index contributed by atoms with van der Waals surface area (Å²) in [4.78, 5) is 0. The second-order valence-electron chi connectivity index (χ2n) is 5.29. The van der Waals surface area contributed by atoms with Gasteiger partial charge in [-0.3, -0.25) is 0 Å². The molecule has 0 bridgehead atoms. The van der Waals surface area contributed by atoms with Gasteiger partial charge in [0.15, 0.2) is 6.29 Å². The van der Waals surface area contributed by atoms with Crippen LogP contribution in [0, 0.1) is 11.8 Å². The van der Waals surface area contributed by atoms with E-state index >= 15 is 0 Å². The van der Waals surface area contributed by atoms with Gasteiger partial charge in [-0.2, -0.15) is 0 Å². The zero-order chi connectivity index (χ0) is 13.4. The first-order chi connectivity index (χ1) is 8.72. The normalized spacial score (nSPS) is 28.2. The third-order valence-electron chi connectivity index (χ3n) is 4.24. The molecule has 0 radical (unpaired) electrons. The summed E-state index contributed by atoms with van der Waals surface area (Å²) in [6, 6.07) is 0.693. The van der Waals surface area contributed by atoms with Crippen molar-refractivity contribution in [3.05, 3.63) is 0 Å². The molecule has 1 saturated carbocycles. The molecular formula is C15H31NO2. The van der Waals surface area contributed by atoms with Crippen molar-refractivity contribution in [3.63, 3.8) is 0 Å². The summed E-state index contributed by atoms with van der Waals surface area (Å²) >= 11 is 0. The predicted molar refractivity (Wildman–Crippen MR) is 75.6 cm³/mol. The average Bonchev–Trinajstić information content (AvgIpc) is 2.71. The molecule has 0 heterocycles. The molecule has 1 aliphatic carbocycles. The molecular weight excluding hydrogens is 226 g/mol. The zero-order valence-corrected chi connectivity index (χ0v) is 12.6. The number of rotatable bonds is 9. The van der Waals surface area contributed by atoms with Crippen molar-refractivity contribution in [2.75, 3.05) is 19.8 Å². The van der Waals surface area contributed by atoms with Crippen molar-refractivity contribution in [1.82, 2.24) is 5.32 Å². The molecule has 1 rings (SSSR count). The third-order valence-corrected chi connectivity index (χ3v) is 4.24. The van der Waals surface area contributed by atoms with Crippen LogP contribution in [0.15, 0.2) is 0 Å². The van der Waals surface area contributed by atoms with Crippen molar-refractivity contribution in [3.8, 4) is 0 Å². The van der Waals surface area contributed by atoms with Crippen molar-refractivity contribution >= 4 is 0 Å². The fourth-order valence-electron chi connectivity index (χ4n) is 3.08. The molecule has 3 nitrogen and oxygen atoms in total. The van der Waals surface area contributed by atoms with E-state index in [4.69, 9.17) is 9.47 Å². The molecule has 0 aromatic heterocycles. The molecule has 0 aromatic carbocycles. The lowest BCUT2D eigenvalue weighted by molar-refractivity contribution is -0.138. The van der Waals surface area contributed by atoms with E-state index in [-0.39, 0.29) is 6.29 Å². The van der Waals surface area contributed by atoms with E-state index in [2.05, 4.69) is 19.2 Å². The first-order valence-electron chi connectivity index (χ1n) is 7.69. The van der Waals surface area contributed by atoms with E-state index in [1.165, 1.54) is 19.3 Å². The maximum Gasteiger partial charge on any atom is 0.158 e. The molecule has 1 aliphatic rings. The Morgan fingerprint density at radius 2 is 1.78 bits per heavy atom. The molecule has 0 aliphatic heterocycles. The van der Waals surface area contributed by atoms with Crippen LogP contribution in [0.5, 0.6) is 0 Å². The maximum atomic E-state index is 5.55. The van der Waals surface area contributed by atoms with E-state index < -0.39 is 0 Å². The highest BCUT2D eigenvalue weighted by atomic mass is 16.7. The highest BCUT2D eigenvalue weighted by Gasteiger charge is 2.30. The van der Waals surface area contributed by atoms with Crippen LogP contribution in [0.1, 0.15) is 53.4 Å². The van der Waals surface area contributed by atoms with Crippen LogP contribution in [0.4, 0.5) is 0 Å². The lowest BCUT2D eigenvalue weighted by atomic mass is 9.93. The Labute approximate surface area is 113 Å². The molecule has 0 spiro atoms. The molecule has 0 aromatic rings. The first kappa shape index (κ1) is 15.9. The number of hydrogen-bond donors (Lipinski definition) is 1. The van der Waals surface area contributed by atoms with Gasteiger partial charge >= 0.3 is 0 Å². The summed E-state index contributed by atoms with van der Waals surface area (Å²) in [5, 5.41) is 3.68. The Hall–Kier alpha value is -0.120. The Balaban J connectivity index is 2.20. The summed E-state index contributed by atoms with van der Waals surface area (Å²) in [6.07, 6.45) is 4.94. The van der Waals surface area contributed by atoms with Crippen LogP contribution in [0.2, 0.25) is 0 Å². The van der Waals surface area contributed by atoms with Gasteiger partial charge < -0.3 is 14.8 Å². The second-order valence-corrected chi connectivity index (χ2v) is 5.29. The quantitative estimate of drug-likeness (QED) is 0.644. The fraction of sp³-hybridized carbons (Fsp3) is 1.00.